The first-order valence-electron chi connectivity index (χ1n) is 7.26. The van der Waals surface area contributed by atoms with Crippen LogP contribution in [0.1, 0.15) is 37.7 Å². The smallest absolute Gasteiger partial charge is 0.0239 e. The molecule has 0 radical (unpaired) electrons. The molecule has 0 unspecified atom stereocenters. The Bertz CT molecular complexity index is 337. The molecule has 1 aliphatic rings. The van der Waals surface area contributed by atoms with E-state index < -0.39 is 0 Å². The van der Waals surface area contributed by atoms with E-state index in [9.17, 15) is 0 Å². The van der Waals surface area contributed by atoms with Crippen LogP contribution < -0.4 is 0 Å². The van der Waals surface area contributed by atoms with Crippen molar-refractivity contribution in [3.05, 3.63) is 35.9 Å². The lowest BCUT2D eigenvalue weighted by molar-refractivity contribution is 0.0706. The molecule has 1 aliphatic heterocycles. The highest BCUT2D eigenvalue weighted by atomic mass is 35.5. The van der Waals surface area contributed by atoms with E-state index in [1.807, 2.05) is 0 Å². The van der Waals surface area contributed by atoms with Gasteiger partial charge in [-0.15, -0.1) is 23.2 Å². The van der Waals surface area contributed by atoms with Crippen molar-refractivity contribution < 1.29 is 0 Å². The number of piperidine rings is 1. The van der Waals surface area contributed by atoms with Gasteiger partial charge in [-0.1, -0.05) is 36.8 Å². The molecule has 1 fully saturated rings. The minimum atomic E-state index is 0.625. The van der Waals surface area contributed by atoms with Crippen LogP contribution in [0.3, 0.4) is 0 Å². The topological polar surface area (TPSA) is 3.24 Å². The molecule has 0 aromatic heterocycles. The van der Waals surface area contributed by atoms with E-state index in [0.29, 0.717) is 12.1 Å². The van der Waals surface area contributed by atoms with E-state index in [0.717, 1.165) is 31.1 Å². The molecule has 1 saturated heterocycles. The van der Waals surface area contributed by atoms with Gasteiger partial charge in [0.25, 0.3) is 0 Å². The molecule has 0 spiro atoms. The Morgan fingerprint density at radius 1 is 0.947 bits per heavy atom. The van der Waals surface area contributed by atoms with Crippen LogP contribution in [0.2, 0.25) is 0 Å². The summed E-state index contributed by atoms with van der Waals surface area (Å²) < 4.78 is 0. The fourth-order valence-corrected chi connectivity index (χ4v) is 3.65. The number of benzene rings is 1. The maximum Gasteiger partial charge on any atom is 0.0239 e. The molecular formula is C16H23Cl2N. The second-order valence-electron chi connectivity index (χ2n) is 5.35. The van der Waals surface area contributed by atoms with Crippen LogP contribution in [0.5, 0.6) is 0 Å². The monoisotopic (exact) mass is 299 g/mol. The van der Waals surface area contributed by atoms with E-state index in [4.69, 9.17) is 23.2 Å². The highest BCUT2D eigenvalue weighted by Crippen LogP contribution is 2.29. The molecule has 2 atom stereocenters. The Balaban J connectivity index is 2.08. The van der Waals surface area contributed by atoms with Gasteiger partial charge in [0.2, 0.25) is 0 Å². The molecule has 0 bridgehead atoms. The SMILES string of the molecule is ClCC[C@H]1CCC[C@H](CCCl)N1Cc1ccccc1. The van der Waals surface area contributed by atoms with E-state index in [1.54, 1.807) is 0 Å². The minimum Gasteiger partial charge on any atom is -0.293 e. The molecule has 1 aromatic carbocycles. The van der Waals surface area contributed by atoms with Crippen molar-refractivity contribution in [1.29, 1.82) is 0 Å². The predicted octanol–water partition coefficient (Wildman–Crippen LogP) is 4.67. The highest BCUT2D eigenvalue weighted by Gasteiger charge is 2.29. The zero-order valence-corrected chi connectivity index (χ0v) is 12.9. The third-order valence-corrected chi connectivity index (χ3v) is 4.54. The summed E-state index contributed by atoms with van der Waals surface area (Å²) in [5.74, 6) is 1.51. The van der Waals surface area contributed by atoms with Crippen molar-refractivity contribution in [2.45, 2.75) is 50.7 Å². The van der Waals surface area contributed by atoms with Gasteiger partial charge in [0.1, 0.15) is 0 Å². The maximum atomic E-state index is 5.98. The number of rotatable bonds is 6. The van der Waals surface area contributed by atoms with Gasteiger partial charge in [-0.2, -0.15) is 0 Å². The second kappa shape index (κ2) is 8.14. The van der Waals surface area contributed by atoms with Gasteiger partial charge in [0.15, 0.2) is 0 Å². The summed E-state index contributed by atoms with van der Waals surface area (Å²) in [6, 6.07) is 12.0. The molecule has 0 amide bonds. The largest absolute Gasteiger partial charge is 0.293 e. The highest BCUT2D eigenvalue weighted by molar-refractivity contribution is 6.18. The van der Waals surface area contributed by atoms with Crippen molar-refractivity contribution in [3.63, 3.8) is 0 Å². The summed E-state index contributed by atoms with van der Waals surface area (Å²) in [5, 5.41) is 0. The molecule has 1 aromatic rings. The molecule has 3 heteroatoms. The van der Waals surface area contributed by atoms with Crippen LogP contribution in [0.15, 0.2) is 30.3 Å². The van der Waals surface area contributed by atoms with E-state index in [-0.39, 0.29) is 0 Å². The van der Waals surface area contributed by atoms with Gasteiger partial charge in [0, 0.05) is 30.4 Å². The lowest BCUT2D eigenvalue weighted by Crippen LogP contribution is -2.46. The van der Waals surface area contributed by atoms with E-state index in [1.165, 1.54) is 24.8 Å². The molecule has 1 heterocycles. The summed E-state index contributed by atoms with van der Waals surface area (Å²) >= 11 is 12.0. The maximum absolute atomic E-state index is 5.98. The number of hydrogen-bond donors (Lipinski definition) is 0. The van der Waals surface area contributed by atoms with Gasteiger partial charge in [-0.25, -0.2) is 0 Å². The van der Waals surface area contributed by atoms with Gasteiger partial charge >= 0.3 is 0 Å². The molecular weight excluding hydrogens is 277 g/mol. The Morgan fingerprint density at radius 3 is 2.05 bits per heavy atom. The summed E-state index contributed by atoms with van der Waals surface area (Å²) in [6.07, 6.45) is 6.05. The van der Waals surface area contributed by atoms with Crippen molar-refractivity contribution in [1.82, 2.24) is 4.90 Å². The second-order valence-corrected chi connectivity index (χ2v) is 6.11. The molecule has 19 heavy (non-hydrogen) atoms. The van der Waals surface area contributed by atoms with Gasteiger partial charge in [0.05, 0.1) is 0 Å². The minimum absolute atomic E-state index is 0.625. The Kier molecular flexibility index (Phi) is 6.49. The van der Waals surface area contributed by atoms with Crippen LogP contribution in [0.25, 0.3) is 0 Å². The van der Waals surface area contributed by atoms with Crippen LogP contribution in [0, 0.1) is 0 Å². The average molecular weight is 300 g/mol. The fraction of sp³-hybridized carbons (Fsp3) is 0.625. The van der Waals surface area contributed by atoms with Crippen molar-refractivity contribution in [2.24, 2.45) is 0 Å². The summed E-state index contributed by atoms with van der Waals surface area (Å²) in [6.45, 7) is 1.03. The Labute approximate surface area is 126 Å². The summed E-state index contributed by atoms with van der Waals surface area (Å²) in [5.41, 5.74) is 1.39. The number of halogens is 2. The zero-order valence-electron chi connectivity index (χ0n) is 11.4. The lowest BCUT2D eigenvalue weighted by atomic mass is 9.92. The first kappa shape index (κ1) is 15.2. The summed E-state index contributed by atoms with van der Waals surface area (Å²) in [7, 11) is 0. The summed E-state index contributed by atoms with van der Waals surface area (Å²) in [4.78, 5) is 2.64. The molecule has 0 N–H and O–H groups in total. The van der Waals surface area contributed by atoms with E-state index >= 15 is 0 Å². The third kappa shape index (κ3) is 4.37. The van der Waals surface area contributed by atoms with Gasteiger partial charge in [-0.05, 0) is 31.2 Å². The first-order valence-corrected chi connectivity index (χ1v) is 8.33. The molecule has 2 rings (SSSR count). The van der Waals surface area contributed by atoms with E-state index in [2.05, 4.69) is 35.2 Å². The van der Waals surface area contributed by atoms with Gasteiger partial charge < -0.3 is 0 Å². The number of alkyl halides is 2. The molecule has 0 aliphatic carbocycles. The van der Waals surface area contributed by atoms with Crippen LogP contribution in [0.4, 0.5) is 0 Å². The quantitative estimate of drug-likeness (QED) is 0.690. The van der Waals surface area contributed by atoms with Gasteiger partial charge in [-0.3, -0.25) is 4.90 Å². The fourth-order valence-electron chi connectivity index (χ4n) is 3.14. The third-order valence-electron chi connectivity index (χ3n) is 4.11. The molecule has 1 nitrogen and oxygen atoms in total. The first-order chi connectivity index (χ1) is 9.35. The Hall–Kier alpha value is -0.240. The normalized spacial score (nSPS) is 24.5. The van der Waals surface area contributed by atoms with Crippen LogP contribution >= 0.6 is 23.2 Å². The number of nitrogens with zero attached hydrogens (tertiary/aromatic N) is 1. The number of likely N-dealkylation sites (tertiary alicyclic amines) is 1. The van der Waals surface area contributed by atoms with Crippen LogP contribution in [-0.2, 0) is 6.54 Å². The average Bonchev–Trinajstić information content (AvgIpc) is 2.44. The lowest BCUT2D eigenvalue weighted by Gasteiger charge is -2.42. The zero-order chi connectivity index (χ0) is 13.5. The number of hydrogen-bond acceptors (Lipinski definition) is 1. The Morgan fingerprint density at radius 2 is 1.53 bits per heavy atom. The van der Waals surface area contributed by atoms with Crippen molar-refractivity contribution in [3.8, 4) is 0 Å². The van der Waals surface area contributed by atoms with Crippen molar-refractivity contribution in [2.75, 3.05) is 11.8 Å². The van der Waals surface area contributed by atoms with Crippen LogP contribution in [-0.4, -0.2) is 28.7 Å². The molecule has 106 valence electrons. The predicted molar refractivity (Wildman–Crippen MR) is 84.1 cm³/mol. The molecule has 0 saturated carbocycles. The van der Waals surface area contributed by atoms with Crippen molar-refractivity contribution >= 4 is 23.2 Å². The standard InChI is InChI=1S/C16H23Cl2N/c17-11-9-15-7-4-8-16(10-12-18)19(15)13-14-5-2-1-3-6-14/h1-3,5-6,15-16H,4,7-13H2/t15-,16-/m1/s1.